The lowest BCUT2D eigenvalue weighted by molar-refractivity contribution is 0.463. The first-order valence-electron chi connectivity index (χ1n) is 7.34. The molecule has 0 saturated carbocycles. The van der Waals surface area contributed by atoms with E-state index in [4.69, 9.17) is 0 Å². The number of aryl methyl sites for hydroxylation is 1. The topological polar surface area (TPSA) is 100 Å². The number of anilines is 1. The Morgan fingerprint density at radius 2 is 1.96 bits per heavy atom. The number of H-pyrrole nitrogens is 1. The molecule has 8 nitrogen and oxygen atoms in total. The summed E-state index contributed by atoms with van der Waals surface area (Å²) < 4.78 is 29.3. The van der Waals surface area contributed by atoms with Gasteiger partial charge in [0.15, 0.2) is 0 Å². The van der Waals surface area contributed by atoms with Crippen molar-refractivity contribution in [2.45, 2.75) is 26.7 Å². The quantitative estimate of drug-likeness (QED) is 0.793. The van der Waals surface area contributed by atoms with Crippen LogP contribution in [-0.2, 0) is 10.2 Å². The highest BCUT2D eigenvalue weighted by Gasteiger charge is 2.16. The first kappa shape index (κ1) is 17.2. The monoisotopic (exact) mass is 339 g/mol. The maximum absolute atomic E-state index is 12.2. The van der Waals surface area contributed by atoms with E-state index < -0.39 is 10.2 Å². The van der Waals surface area contributed by atoms with Crippen molar-refractivity contribution in [3.05, 3.63) is 40.6 Å². The number of unbranched alkanes of at least 4 members (excludes halogenated alkanes) is 1. The highest BCUT2D eigenvalue weighted by atomic mass is 32.2. The standard InChI is InChI=1S/C14H21N5O3S/c1-4-5-10-18(3)23(21,22)17-12-6-8-13(9-7-12)19-14(20)15-11(2)16-19/h6-9,17H,4-5,10H2,1-3H3,(H,15,16,20). The van der Waals surface area contributed by atoms with E-state index in [0.29, 0.717) is 23.7 Å². The van der Waals surface area contributed by atoms with Crippen molar-refractivity contribution >= 4 is 15.9 Å². The Morgan fingerprint density at radius 3 is 2.48 bits per heavy atom. The van der Waals surface area contributed by atoms with Gasteiger partial charge in [-0.05, 0) is 37.6 Å². The van der Waals surface area contributed by atoms with Gasteiger partial charge in [-0.25, -0.2) is 4.79 Å². The van der Waals surface area contributed by atoms with Crippen LogP contribution in [0.15, 0.2) is 29.1 Å². The van der Waals surface area contributed by atoms with Crippen molar-refractivity contribution in [1.29, 1.82) is 0 Å². The first-order chi connectivity index (χ1) is 10.8. The van der Waals surface area contributed by atoms with Gasteiger partial charge in [-0.1, -0.05) is 13.3 Å². The molecule has 0 bridgehead atoms. The van der Waals surface area contributed by atoms with Crippen LogP contribution in [0.25, 0.3) is 5.69 Å². The zero-order chi connectivity index (χ0) is 17.0. The van der Waals surface area contributed by atoms with E-state index in [1.165, 1.54) is 8.99 Å². The van der Waals surface area contributed by atoms with Crippen molar-refractivity contribution in [2.75, 3.05) is 18.3 Å². The lowest BCUT2D eigenvalue weighted by atomic mass is 10.3. The Labute approximate surface area is 135 Å². The number of hydrogen-bond donors (Lipinski definition) is 2. The SMILES string of the molecule is CCCCN(C)S(=O)(=O)Nc1ccc(-n2nc(C)[nH]c2=O)cc1. The molecule has 0 unspecified atom stereocenters. The second kappa shape index (κ2) is 6.97. The van der Waals surface area contributed by atoms with Crippen LogP contribution >= 0.6 is 0 Å². The molecule has 126 valence electrons. The van der Waals surface area contributed by atoms with E-state index in [-0.39, 0.29) is 5.69 Å². The molecular formula is C14H21N5O3S. The first-order valence-corrected chi connectivity index (χ1v) is 8.78. The molecule has 0 aliphatic carbocycles. The van der Waals surface area contributed by atoms with Gasteiger partial charge in [0.2, 0.25) is 0 Å². The Bertz CT molecular complexity index is 808. The molecule has 2 rings (SSSR count). The minimum absolute atomic E-state index is 0.338. The van der Waals surface area contributed by atoms with Gasteiger partial charge in [-0.3, -0.25) is 9.71 Å². The number of nitrogens with one attached hydrogen (secondary N) is 2. The van der Waals surface area contributed by atoms with Crippen molar-refractivity contribution in [3.63, 3.8) is 0 Å². The average Bonchev–Trinajstić information content (AvgIpc) is 2.83. The molecule has 0 radical (unpaired) electrons. The van der Waals surface area contributed by atoms with Crippen LogP contribution in [0.1, 0.15) is 25.6 Å². The molecule has 0 aliphatic rings. The number of aromatic amines is 1. The Balaban J connectivity index is 2.14. The van der Waals surface area contributed by atoms with Crippen LogP contribution in [0.5, 0.6) is 0 Å². The third-order valence-corrected chi connectivity index (χ3v) is 4.82. The van der Waals surface area contributed by atoms with Crippen LogP contribution in [0.2, 0.25) is 0 Å². The molecule has 2 aromatic rings. The van der Waals surface area contributed by atoms with Crippen LogP contribution < -0.4 is 10.4 Å². The van der Waals surface area contributed by atoms with Crippen molar-refractivity contribution in [2.24, 2.45) is 0 Å². The molecule has 0 atom stereocenters. The lowest BCUT2D eigenvalue weighted by Gasteiger charge is -2.18. The fraction of sp³-hybridized carbons (Fsp3) is 0.429. The smallest absolute Gasteiger partial charge is 0.293 e. The van der Waals surface area contributed by atoms with E-state index in [9.17, 15) is 13.2 Å². The van der Waals surface area contributed by atoms with Gasteiger partial charge < -0.3 is 0 Å². The van der Waals surface area contributed by atoms with Crippen LogP contribution in [-0.4, -0.2) is 41.1 Å². The largest absolute Gasteiger partial charge is 0.348 e. The van der Waals surface area contributed by atoms with Gasteiger partial charge >= 0.3 is 15.9 Å². The molecule has 23 heavy (non-hydrogen) atoms. The molecule has 1 aromatic carbocycles. The third-order valence-electron chi connectivity index (χ3n) is 3.33. The van der Waals surface area contributed by atoms with E-state index in [1.807, 2.05) is 6.92 Å². The summed E-state index contributed by atoms with van der Waals surface area (Å²) in [5, 5.41) is 4.05. The predicted octanol–water partition coefficient (Wildman–Crippen LogP) is 1.26. The second-order valence-corrected chi connectivity index (χ2v) is 7.03. The van der Waals surface area contributed by atoms with Crippen molar-refractivity contribution < 1.29 is 8.42 Å². The normalized spacial score (nSPS) is 11.8. The van der Waals surface area contributed by atoms with Gasteiger partial charge in [0.1, 0.15) is 5.82 Å². The van der Waals surface area contributed by atoms with Gasteiger partial charge in [0.05, 0.1) is 5.69 Å². The minimum Gasteiger partial charge on any atom is -0.293 e. The van der Waals surface area contributed by atoms with Gasteiger partial charge in [0, 0.05) is 19.3 Å². The van der Waals surface area contributed by atoms with E-state index >= 15 is 0 Å². The Morgan fingerprint density at radius 1 is 1.30 bits per heavy atom. The second-order valence-electron chi connectivity index (χ2n) is 5.26. The number of benzene rings is 1. The average molecular weight is 339 g/mol. The number of nitrogens with zero attached hydrogens (tertiary/aromatic N) is 3. The highest BCUT2D eigenvalue weighted by Crippen LogP contribution is 2.14. The zero-order valence-corrected chi connectivity index (χ0v) is 14.2. The fourth-order valence-electron chi connectivity index (χ4n) is 2.00. The Kier molecular flexibility index (Phi) is 5.22. The number of rotatable bonds is 7. The molecule has 1 aromatic heterocycles. The van der Waals surface area contributed by atoms with Crippen LogP contribution in [0.4, 0.5) is 5.69 Å². The summed E-state index contributed by atoms with van der Waals surface area (Å²) in [6.45, 7) is 4.16. The predicted molar refractivity (Wildman–Crippen MR) is 89.0 cm³/mol. The molecule has 0 aliphatic heterocycles. The van der Waals surface area contributed by atoms with Crippen molar-refractivity contribution in [1.82, 2.24) is 19.1 Å². The number of aromatic nitrogens is 3. The summed E-state index contributed by atoms with van der Waals surface area (Å²) in [5.41, 5.74) is 0.647. The number of hydrogen-bond acceptors (Lipinski definition) is 4. The molecule has 1 heterocycles. The maximum Gasteiger partial charge on any atom is 0.348 e. The van der Waals surface area contributed by atoms with Gasteiger partial charge in [-0.2, -0.15) is 22.5 Å². The van der Waals surface area contributed by atoms with E-state index in [0.717, 1.165) is 12.8 Å². The molecule has 0 fully saturated rings. The minimum atomic E-state index is -3.57. The summed E-state index contributed by atoms with van der Waals surface area (Å²) in [6, 6.07) is 6.45. The molecular weight excluding hydrogens is 318 g/mol. The fourth-order valence-corrected chi connectivity index (χ4v) is 2.96. The third kappa shape index (κ3) is 4.20. The van der Waals surface area contributed by atoms with Crippen LogP contribution in [0.3, 0.4) is 0 Å². The lowest BCUT2D eigenvalue weighted by Crippen LogP contribution is -2.33. The molecule has 9 heteroatoms. The summed E-state index contributed by atoms with van der Waals surface area (Å²) in [7, 11) is -2.03. The summed E-state index contributed by atoms with van der Waals surface area (Å²) in [4.78, 5) is 14.2. The van der Waals surface area contributed by atoms with Gasteiger partial charge in [-0.15, -0.1) is 0 Å². The summed E-state index contributed by atoms with van der Waals surface area (Å²) in [6.07, 6.45) is 1.73. The Hall–Kier alpha value is -2.13. The molecule has 2 N–H and O–H groups in total. The molecule has 0 spiro atoms. The molecule has 0 saturated heterocycles. The zero-order valence-electron chi connectivity index (χ0n) is 13.4. The van der Waals surface area contributed by atoms with E-state index in [2.05, 4.69) is 14.8 Å². The van der Waals surface area contributed by atoms with Crippen molar-refractivity contribution in [3.8, 4) is 5.69 Å². The molecule has 0 amide bonds. The summed E-state index contributed by atoms with van der Waals surface area (Å²) >= 11 is 0. The van der Waals surface area contributed by atoms with Crippen LogP contribution in [0, 0.1) is 6.92 Å². The summed E-state index contributed by atoms with van der Waals surface area (Å²) in [5.74, 6) is 0.511. The highest BCUT2D eigenvalue weighted by molar-refractivity contribution is 7.90. The maximum atomic E-state index is 12.2. The van der Waals surface area contributed by atoms with Gasteiger partial charge in [0.25, 0.3) is 0 Å². The van der Waals surface area contributed by atoms with E-state index in [1.54, 1.807) is 38.2 Å².